The van der Waals surface area contributed by atoms with E-state index in [1.165, 1.54) is 0 Å². The molecule has 0 aliphatic carbocycles. The van der Waals surface area contributed by atoms with Crippen molar-refractivity contribution in [2.45, 2.75) is 20.1 Å². The first-order chi connectivity index (χ1) is 12.3. The number of anilines is 1. The molecule has 0 bridgehead atoms. The summed E-state index contributed by atoms with van der Waals surface area (Å²) in [5.74, 6) is 1.80. The molecule has 0 aliphatic heterocycles. The summed E-state index contributed by atoms with van der Waals surface area (Å²) in [6, 6.07) is 26.3. The summed E-state index contributed by atoms with van der Waals surface area (Å²) in [6.07, 6.45) is 0. The molecule has 3 heteroatoms. The van der Waals surface area contributed by atoms with E-state index in [0.717, 1.165) is 28.3 Å². The van der Waals surface area contributed by atoms with Crippen molar-refractivity contribution < 1.29 is 9.47 Å². The predicted molar refractivity (Wildman–Crippen MR) is 102 cm³/mol. The van der Waals surface area contributed by atoms with Crippen molar-refractivity contribution in [3.05, 3.63) is 90.0 Å². The van der Waals surface area contributed by atoms with E-state index in [1.807, 2.05) is 67.6 Å². The summed E-state index contributed by atoms with van der Waals surface area (Å²) in [5, 5.41) is 3.43. The molecule has 0 fully saturated rings. The number of nitrogens with one attached hydrogen (secondary N) is 1. The Kier molecular flexibility index (Phi) is 5.94. The minimum absolute atomic E-state index is 0.570. The lowest BCUT2D eigenvalue weighted by Gasteiger charge is -2.13. The van der Waals surface area contributed by atoms with Crippen molar-refractivity contribution in [2.24, 2.45) is 0 Å². The third-order valence-electron chi connectivity index (χ3n) is 3.86. The highest BCUT2D eigenvalue weighted by atomic mass is 16.5. The fourth-order valence-electron chi connectivity index (χ4n) is 2.56. The SMILES string of the molecule is CCOc1ccc(NCc2ccccc2OCc2ccccc2)cc1. The second kappa shape index (κ2) is 8.78. The average Bonchev–Trinajstić information content (AvgIpc) is 2.67. The Hall–Kier alpha value is -2.94. The van der Waals surface area contributed by atoms with Gasteiger partial charge in [0.1, 0.15) is 18.1 Å². The molecule has 0 amide bonds. The number of ether oxygens (including phenoxy) is 2. The van der Waals surface area contributed by atoms with Gasteiger partial charge < -0.3 is 14.8 Å². The van der Waals surface area contributed by atoms with Gasteiger partial charge in [-0.15, -0.1) is 0 Å². The number of rotatable bonds is 8. The maximum atomic E-state index is 6.00. The molecule has 0 aliphatic rings. The number of hydrogen-bond acceptors (Lipinski definition) is 3. The fourth-order valence-corrected chi connectivity index (χ4v) is 2.56. The van der Waals surface area contributed by atoms with Gasteiger partial charge in [-0.2, -0.15) is 0 Å². The molecule has 3 nitrogen and oxygen atoms in total. The lowest BCUT2D eigenvalue weighted by atomic mass is 10.2. The van der Waals surface area contributed by atoms with Crippen LogP contribution in [0.4, 0.5) is 5.69 Å². The Morgan fingerprint density at radius 3 is 2.24 bits per heavy atom. The first-order valence-corrected chi connectivity index (χ1v) is 8.56. The lowest BCUT2D eigenvalue weighted by molar-refractivity contribution is 0.303. The molecule has 3 rings (SSSR count). The van der Waals surface area contributed by atoms with Gasteiger partial charge in [0, 0.05) is 17.8 Å². The van der Waals surface area contributed by atoms with Gasteiger partial charge in [-0.05, 0) is 42.8 Å². The first-order valence-electron chi connectivity index (χ1n) is 8.56. The van der Waals surface area contributed by atoms with Gasteiger partial charge >= 0.3 is 0 Å². The minimum atomic E-state index is 0.570. The molecule has 0 atom stereocenters. The third-order valence-corrected chi connectivity index (χ3v) is 3.86. The largest absolute Gasteiger partial charge is 0.494 e. The van der Waals surface area contributed by atoms with Crippen molar-refractivity contribution in [1.82, 2.24) is 0 Å². The maximum Gasteiger partial charge on any atom is 0.124 e. The van der Waals surface area contributed by atoms with Crippen LogP contribution in [-0.2, 0) is 13.2 Å². The van der Waals surface area contributed by atoms with Crippen LogP contribution < -0.4 is 14.8 Å². The fraction of sp³-hybridized carbons (Fsp3) is 0.182. The Balaban J connectivity index is 1.60. The molecular formula is C22H23NO2. The van der Waals surface area contributed by atoms with Gasteiger partial charge in [0.2, 0.25) is 0 Å². The molecular weight excluding hydrogens is 310 g/mol. The van der Waals surface area contributed by atoms with E-state index in [1.54, 1.807) is 0 Å². The van der Waals surface area contributed by atoms with Crippen LogP contribution in [0.25, 0.3) is 0 Å². The molecule has 0 saturated heterocycles. The van der Waals surface area contributed by atoms with Crippen LogP contribution in [-0.4, -0.2) is 6.61 Å². The van der Waals surface area contributed by atoms with Crippen LogP contribution in [0.5, 0.6) is 11.5 Å². The predicted octanol–water partition coefficient (Wildman–Crippen LogP) is 5.28. The van der Waals surface area contributed by atoms with E-state index in [4.69, 9.17) is 9.47 Å². The van der Waals surface area contributed by atoms with Crippen LogP contribution >= 0.6 is 0 Å². The third kappa shape index (κ3) is 5.01. The Labute approximate surface area is 149 Å². The van der Waals surface area contributed by atoms with Gasteiger partial charge in [-0.25, -0.2) is 0 Å². The highest BCUT2D eigenvalue weighted by Gasteiger charge is 2.04. The second-order valence-corrected chi connectivity index (χ2v) is 5.69. The summed E-state index contributed by atoms with van der Waals surface area (Å²) in [4.78, 5) is 0. The van der Waals surface area contributed by atoms with E-state index in [0.29, 0.717) is 19.8 Å². The van der Waals surface area contributed by atoms with Crippen LogP contribution in [0.1, 0.15) is 18.1 Å². The molecule has 3 aromatic carbocycles. The van der Waals surface area contributed by atoms with E-state index in [9.17, 15) is 0 Å². The Morgan fingerprint density at radius 2 is 1.48 bits per heavy atom. The summed E-state index contributed by atoms with van der Waals surface area (Å²) >= 11 is 0. The minimum Gasteiger partial charge on any atom is -0.494 e. The van der Waals surface area contributed by atoms with Crippen LogP contribution in [0.15, 0.2) is 78.9 Å². The smallest absolute Gasteiger partial charge is 0.124 e. The van der Waals surface area contributed by atoms with Gasteiger partial charge in [0.05, 0.1) is 6.61 Å². The van der Waals surface area contributed by atoms with E-state index in [2.05, 4.69) is 23.5 Å². The molecule has 0 spiro atoms. The van der Waals surface area contributed by atoms with E-state index >= 15 is 0 Å². The molecule has 0 radical (unpaired) electrons. The summed E-state index contributed by atoms with van der Waals surface area (Å²) in [7, 11) is 0. The molecule has 0 unspecified atom stereocenters. The molecule has 1 N–H and O–H groups in total. The quantitative estimate of drug-likeness (QED) is 0.608. The lowest BCUT2D eigenvalue weighted by Crippen LogP contribution is -2.03. The van der Waals surface area contributed by atoms with Crippen LogP contribution in [0.2, 0.25) is 0 Å². The van der Waals surface area contributed by atoms with Crippen molar-refractivity contribution >= 4 is 5.69 Å². The summed E-state index contributed by atoms with van der Waals surface area (Å²) < 4.78 is 11.5. The van der Waals surface area contributed by atoms with Gasteiger partial charge in [0.25, 0.3) is 0 Å². The van der Waals surface area contributed by atoms with Crippen molar-refractivity contribution in [1.29, 1.82) is 0 Å². The van der Waals surface area contributed by atoms with Crippen LogP contribution in [0, 0.1) is 0 Å². The maximum absolute atomic E-state index is 6.00. The molecule has 0 heterocycles. The molecule has 0 saturated carbocycles. The molecule has 3 aromatic rings. The number of benzene rings is 3. The van der Waals surface area contributed by atoms with Gasteiger partial charge in [-0.1, -0.05) is 48.5 Å². The second-order valence-electron chi connectivity index (χ2n) is 5.69. The van der Waals surface area contributed by atoms with Crippen molar-refractivity contribution in [2.75, 3.05) is 11.9 Å². The van der Waals surface area contributed by atoms with Crippen molar-refractivity contribution in [3.63, 3.8) is 0 Å². The standard InChI is InChI=1S/C22H23NO2/c1-2-24-21-14-12-20(13-15-21)23-16-19-10-6-7-11-22(19)25-17-18-8-4-3-5-9-18/h3-15,23H,2,16-17H2,1H3. The zero-order valence-corrected chi connectivity index (χ0v) is 14.4. The zero-order chi connectivity index (χ0) is 17.3. The Bertz CT molecular complexity index is 770. The monoisotopic (exact) mass is 333 g/mol. The summed E-state index contributed by atoms with van der Waals surface area (Å²) in [5.41, 5.74) is 3.35. The average molecular weight is 333 g/mol. The number of hydrogen-bond donors (Lipinski definition) is 1. The molecule has 0 aromatic heterocycles. The van der Waals surface area contributed by atoms with Gasteiger partial charge in [-0.3, -0.25) is 0 Å². The Morgan fingerprint density at radius 1 is 0.760 bits per heavy atom. The highest BCUT2D eigenvalue weighted by molar-refractivity contribution is 5.48. The normalized spacial score (nSPS) is 10.3. The van der Waals surface area contributed by atoms with Gasteiger partial charge in [0.15, 0.2) is 0 Å². The topological polar surface area (TPSA) is 30.5 Å². The number of para-hydroxylation sites is 1. The summed E-state index contributed by atoms with van der Waals surface area (Å²) in [6.45, 7) is 3.94. The van der Waals surface area contributed by atoms with Crippen LogP contribution in [0.3, 0.4) is 0 Å². The first kappa shape index (κ1) is 16.9. The molecule has 128 valence electrons. The van der Waals surface area contributed by atoms with E-state index in [-0.39, 0.29) is 0 Å². The highest BCUT2D eigenvalue weighted by Crippen LogP contribution is 2.22. The van der Waals surface area contributed by atoms with Crippen molar-refractivity contribution in [3.8, 4) is 11.5 Å². The zero-order valence-electron chi connectivity index (χ0n) is 14.4. The van der Waals surface area contributed by atoms with E-state index < -0.39 is 0 Å². The molecule has 25 heavy (non-hydrogen) atoms.